The Labute approximate surface area is 111 Å². The number of amides is 1. The van der Waals surface area contributed by atoms with E-state index in [1.165, 1.54) is 7.11 Å². The van der Waals surface area contributed by atoms with E-state index in [-0.39, 0.29) is 12.5 Å². The molecule has 1 aliphatic heterocycles. The first-order valence-corrected chi connectivity index (χ1v) is 5.89. The Hall–Kier alpha value is -2.24. The van der Waals surface area contributed by atoms with E-state index in [9.17, 15) is 9.59 Å². The van der Waals surface area contributed by atoms with Gasteiger partial charge in [0.05, 0.1) is 25.6 Å². The zero-order valence-electron chi connectivity index (χ0n) is 11.1. The van der Waals surface area contributed by atoms with Gasteiger partial charge in [-0.2, -0.15) is 0 Å². The number of rotatable bonds is 3. The van der Waals surface area contributed by atoms with Gasteiger partial charge in [0.1, 0.15) is 18.3 Å². The van der Waals surface area contributed by atoms with Crippen molar-refractivity contribution in [3.05, 3.63) is 18.2 Å². The standard InChI is InChI=1S/C13H16N2O4/c1-8-13(17)14-10-5-4-9(18-2)6-11(10)15(8)7-12(16)19-3/h4-6,8H,7H2,1-3H3,(H,14,17)/t8-/m0/s1. The van der Waals surface area contributed by atoms with Gasteiger partial charge in [0.25, 0.3) is 0 Å². The molecule has 2 rings (SSSR count). The first kappa shape index (κ1) is 13.2. The molecule has 6 nitrogen and oxygen atoms in total. The van der Waals surface area contributed by atoms with Crippen molar-refractivity contribution in [3.63, 3.8) is 0 Å². The Morgan fingerprint density at radius 1 is 1.42 bits per heavy atom. The highest BCUT2D eigenvalue weighted by Gasteiger charge is 2.31. The number of carbonyl (C=O) groups excluding carboxylic acids is 2. The molecule has 0 spiro atoms. The van der Waals surface area contributed by atoms with Crippen molar-refractivity contribution in [2.75, 3.05) is 31.0 Å². The van der Waals surface area contributed by atoms with E-state index in [4.69, 9.17) is 4.74 Å². The zero-order chi connectivity index (χ0) is 14.0. The van der Waals surface area contributed by atoms with E-state index in [0.717, 1.165) is 5.69 Å². The van der Waals surface area contributed by atoms with Crippen LogP contribution in [0.4, 0.5) is 11.4 Å². The molecule has 0 saturated carbocycles. The number of benzene rings is 1. The maximum absolute atomic E-state index is 11.9. The van der Waals surface area contributed by atoms with Crippen molar-refractivity contribution >= 4 is 23.3 Å². The van der Waals surface area contributed by atoms with Crippen LogP contribution in [0.25, 0.3) is 0 Å². The van der Waals surface area contributed by atoms with Gasteiger partial charge >= 0.3 is 5.97 Å². The predicted molar refractivity (Wildman–Crippen MR) is 70.4 cm³/mol. The van der Waals surface area contributed by atoms with Crippen LogP contribution in [0.3, 0.4) is 0 Å². The molecule has 102 valence electrons. The molecule has 0 saturated heterocycles. The minimum Gasteiger partial charge on any atom is -0.497 e. The number of carbonyl (C=O) groups is 2. The van der Waals surface area contributed by atoms with E-state index >= 15 is 0 Å². The molecule has 1 aromatic rings. The number of esters is 1. The summed E-state index contributed by atoms with van der Waals surface area (Å²) in [5.41, 5.74) is 1.41. The summed E-state index contributed by atoms with van der Waals surface area (Å²) in [6, 6.07) is 4.85. The lowest BCUT2D eigenvalue weighted by molar-refractivity contribution is -0.139. The molecule has 19 heavy (non-hydrogen) atoms. The third kappa shape index (κ3) is 2.47. The number of ether oxygens (including phenoxy) is 2. The maximum atomic E-state index is 11.9. The van der Waals surface area contributed by atoms with Gasteiger partial charge in [-0.1, -0.05) is 0 Å². The van der Waals surface area contributed by atoms with Crippen molar-refractivity contribution in [3.8, 4) is 5.75 Å². The van der Waals surface area contributed by atoms with Gasteiger partial charge < -0.3 is 19.7 Å². The van der Waals surface area contributed by atoms with Crippen molar-refractivity contribution in [1.29, 1.82) is 0 Å². The lowest BCUT2D eigenvalue weighted by Gasteiger charge is -2.35. The number of methoxy groups -OCH3 is 2. The molecule has 6 heteroatoms. The molecule has 0 aliphatic carbocycles. The molecule has 1 aliphatic rings. The van der Waals surface area contributed by atoms with Crippen LogP contribution in [0.2, 0.25) is 0 Å². The third-order valence-corrected chi connectivity index (χ3v) is 3.15. The smallest absolute Gasteiger partial charge is 0.325 e. The Morgan fingerprint density at radius 3 is 2.79 bits per heavy atom. The summed E-state index contributed by atoms with van der Waals surface area (Å²) in [7, 11) is 2.89. The van der Waals surface area contributed by atoms with Gasteiger partial charge in [-0.05, 0) is 19.1 Å². The molecule has 0 aromatic heterocycles. The molecular formula is C13H16N2O4. The SMILES string of the molecule is COC(=O)CN1c2cc(OC)ccc2NC(=O)[C@@H]1C. The van der Waals surface area contributed by atoms with Crippen LogP contribution in [0.1, 0.15) is 6.92 Å². The molecule has 0 radical (unpaired) electrons. The van der Waals surface area contributed by atoms with E-state index < -0.39 is 12.0 Å². The number of anilines is 2. The molecule has 1 aromatic carbocycles. The fourth-order valence-corrected chi connectivity index (χ4v) is 1.99. The second-order valence-corrected chi connectivity index (χ2v) is 4.25. The third-order valence-electron chi connectivity index (χ3n) is 3.15. The van der Waals surface area contributed by atoms with Crippen molar-refractivity contribution in [2.45, 2.75) is 13.0 Å². The Bertz CT molecular complexity index is 515. The highest BCUT2D eigenvalue weighted by atomic mass is 16.5. The second kappa shape index (κ2) is 5.17. The van der Waals surface area contributed by atoms with E-state index in [0.29, 0.717) is 11.4 Å². The highest BCUT2D eigenvalue weighted by molar-refractivity contribution is 6.04. The molecule has 0 bridgehead atoms. The lowest BCUT2D eigenvalue weighted by atomic mass is 10.1. The first-order chi connectivity index (χ1) is 9.06. The van der Waals surface area contributed by atoms with Gasteiger partial charge in [-0.15, -0.1) is 0 Å². The topological polar surface area (TPSA) is 67.9 Å². The maximum Gasteiger partial charge on any atom is 0.325 e. The molecular weight excluding hydrogens is 248 g/mol. The zero-order valence-corrected chi connectivity index (χ0v) is 11.1. The molecule has 0 unspecified atom stereocenters. The van der Waals surface area contributed by atoms with Crippen LogP contribution in [-0.2, 0) is 14.3 Å². The first-order valence-electron chi connectivity index (χ1n) is 5.89. The highest BCUT2D eigenvalue weighted by Crippen LogP contribution is 2.35. The fourth-order valence-electron chi connectivity index (χ4n) is 1.99. The average molecular weight is 264 g/mol. The summed E-state index contributed by atoms with van der Waals surface area (Å²) < 4.78 is 9.83. The Morgan fingerprint density at radius 2 is 2.16 bits per heavy atom. The Kier molecular flexibility index (Phi) is 3.59. The van der Waals surface area contributed by atoms with Gasteiger partial charge in [0.15, 0.2) is 0 Å². The molecule has 1 atom stereocenters. The van der Waals surface area contributed by atoms with Crippen molar-refractivity contribution in [1.82, 2.24) is 0 Å². The van der Waals surface area contributed by atoms with Crippen LogP contribution in [-0.4, -0.2) is 38.7 Å². The number of nitrogens with one attached hydrogen (secondary N) is 1. The summed E-state index contributed by atoms with van der Waals surface area (Å²) >= 11 is 0. The molecule has 1 heterocycles. The number of hydrogen-bond donors (Lipinski definition) is 1. The summed E-state index contributed by atoms with van der Waals surface area (Å²) in [6.45, 7) is 1.76. The summed E-state index contributed by atoms with van der Waals surface area (Å²) in [5.74, 6) is 0.119. The monoisotopic (exact) mass is 264 g/mol. The second-order valence-electron chi connectivity index (χ2n) is 4.25. The molecule has 0 fully saturated rings. The van der Waals surface area contributed by atoms with Gasteiger partial charge in [0, 0.05) is 6.07 Å². The molecule has 1 amide bonds. The van der Waals surface area contributed by atoms with E-state index in [2.05, 4.69) is 10.1 Å². The van der Waals surface area contributed by atoms with Crippen LogP contribution in [0, 0.1) is 0 Å². The normalized spacial score (nSPS) is 17.5. The van der Waals surface area contributed by atoms with E-state index in [1.807, 2.05) is 0 Å². The molecule has 1 N–H and O–H groups in total. The summed E-state index contributed by atoms with van der Waals surface area (Å²) in [4.78, 5) is 25.0. The minimum atomic E-state index is -0.446. The lowest BCUT2D eigenvalue weighted by Crippen LogP contribution is -2.48. The summed E-state index contributed by atoms with van der Waals surface area (Å²) in [5, 5.41) is 2.79. The van der Waals surface area contributed by atoms with Crippen LogP contribution < -0.4 is 15.0 Å². The Balaban J connectivity index is 2.41. The number of hydrogen-bond acceptors (Lipinski definition) is 5. The van der Waals surface area contributed by atoms with Gasteiger partial charge in [-0.25, -0.2) is 0 Å². The largest absolute Gasteiger partial charge is 0.497 e. The van der Waals surface area contributed by atoms with Crippen LogP contribution >= 0.6 is 0 Å². The fraction of sp³-hybridized carbons (Fsp3) is 0.385. The van der Waals surface area contributed by atoms with Crippen LogP contribution in [0.15, 0.2) is 18.2 Å². The van der Waals surface area contributed by atoms with Crippen LogP contribution in [0.5, 0.6) is 5.75 Å². The summed E-state index contributed by atoms with van der Waals surface area (Å²) in [6.07, 6.45) is 0. The van der Waals surface area contributed by atoms with E-state index in [1.54, 1.807) is 37.1 Å². The van der Waals surface area contributed by atoms with Gasteiger partial charge in [-0.3, -0.25) is 9.59 Å². The number of nitrogens with zero attached hydrogens (tertiary/aromatic N) is 1. The van der Waals surface area contributed by atoms with Crippen molar-refractivity contribution in [2.24, 2.45) is 0 Å². The quantitative estimate of drug-likeness (QED) is 0.825. The average Bonchev–Trinajstić information content (AvgIpc) is 2.43. The minimum absolute atomic E-state index is 0.0191. The number of fused-ring (bicyclic) bond motifs is 1. The van der Waals surface area contributed by atoms with Gasteiger partial charge in [0.2, 0.25) is 5.91 Å². The predicted octanol–water partition coefficient (Wildman–Crippen LogP) is 1.02. The van der Waals surface area contributed by atoms with Crippen molar-refractivity contribution < 1.29 is 19.1 Å².